The van der Waals surface area contributed by atoms with Gasteiger partial charge in [0.2, 0.25) is 0 Å². The van der Waals surface area contributed by atoms with Crippen LogP contribution in [0.1, 0.15) is 31.4 Å². The minimum atomic E-state index is 0.612. The number of nitrogens with two attached hydrogens (primary N) is 1. The first kappa shape index (κ1) is 9.40. The summed E-state index contributed by atoms with van der Waals surface area (Å²) in [7, 11) is 0. The van der Waals surface area contributed by atoms with Gasteiger partial charge in [-0.2, -0.15) is 5.10 Å². The molecule has 3 nitrogen and oxygen atoms in total. The lowest BCUT2D eigenvalue weighted by molar-refractivity contribution is 0.282. The molecule has 2 saturated carbocycles. The van der Waals surface area contributed by atoms with Crippen LogP contribution in [0.25, 0.3) is 0 Å². The van der Waals surface area contributed by atoms with Crippen LogP contribution in [-0.2, 0) is 13.1 Å². The number of rotatable bonds is 3. The first-order chi connectivity index (χ1) is 7.36. The molecule has 0 aromatic carbocycles. The zero-order valence-electron chi connectivity index (χ0n) is 9.10. The SMILES string of the molecule is NCc1ccnn1CC1CC2CCC1C2. The Morgan fingerprint density at radius 1 is 1.40 bits per heavy atom. The molecule has 0 aliphatic heterocycles. The van der Waals surface area contributed by atoms with Crippen LogP contribution in [0.15, 0.2) is 12.3 Å². The second kappa shape index (κ2) is 3.63. The maximum absolute atomic E-state index is 5.68. The quantitative estimate of drug-likeness (QED) is 0.817. The molecule has 2 N–H and O–H groups in total. The van der Waals surface area contributed by atoms with Crippen LogP contribution in [0.3, 0.4) is 0 Å². The maximum Gasteiger partial charge on any atom is 0.0519 e. The van der Waals surface area contributed by atoms with Crippen molar-refractivity contribution in [1.29, 1.82) is 0 Å². The van der Waals surface area contributed by atoms with Gasteiger partial charge in [0.1, 0.15) is 0 Å². The number of hydrogen-bond acceptors (Lipinski definition) is 2. The smallest absolute Gasteiger partial charge is 0.0519 e. The van der Waals surface area contributed by atoms with E-state index in [-0.39, 0.29) is 0 Å². The molecule has 82 valence electrons. The van der Waals surface area contributed by atoms with E-state index in [2.05, 4.69) is 9.78 Å². The Morgan fingerprint density at radius 2 is 2.33 bits per heavy atom. The molecule has 3 atom stereocenters. The Morgan fingerprint density at radius 3 is 3.00 bits per heavy atom. The lowest BCUT2D eigenvalue weighted by Crippen LogP contribution is -2.20. The van der Waals surface area contributed by atoms with Crippen LogP contribution in [0.4, 0.5) is 0 Å². The molecule has 1 aromatic heterocycles. The predicted octanol–water partition coefficient (Wildman–Crippen LogP) is 1.78. The summed E-state index contributed by atoms with van der Waals surface area (Å²) in [6.07, 6.45) is 7.70. The summed E-state index contributed by atoms with van der Waals surface area (Å²) < 4.78 is 2.12. The summed E-state index contributed by atoms with van der Waals surface area (Å²) in [6, 6.07) is 2.03. The number of hydrogen-bond donors (Lipinski definition) is 1. The Balaban J connectivity index is 1.70. The first-order valence-electron chi connectivity index (χ1n) is 6.07. The number of fused-ring (bicyclic) bond motifs is 2. The number of aromatic nitrogens is 2. The average Bonchev–Trinajstić information content (AvgIpc) is 2.92. The van der Waals surface area contributed by atoms with Crippen molar-refractivity contribution in [2.24, 2.45) is 23.5 Å². The second-order valence-electron chi connectivity index (χ2n) is 5.14. The van der Waals surface area contributed by atoms with Crippen molar-refractivity contribution in [2.75, 3.05) is 0 Å². The van der Waals surface area contributed by atoms with Gasteiger partial charge in [0.25, 0.3) is 0 Å². The fourth-order valence-electron chi connectivity index (χ4n) is 3.52. The molecule has 2 fully saturated rings. The molecule has 0 amide bonds. The molecule has 3 heteroatoms. The highest BCUT2D eigenvalue weighted by Crippen LogP contribution is 2.48. The van der Waals surface area contributed by atoms with Crippen molar-refractivity contribution < 1.29 is 0 Å². The summed E-state index contributed by atoms with van der Waals surface area (Å²) in [5, 5.41) is 4.37. The lowest BCUT2D eigenvalue weighted by Gasteiger charge is -2.22. The largest absolute Gasteiger partial charge is 0.325 e. The minimum Gasteiger partial charge on any atom is -0.325 e. The van der Waals surface area contributed by atoms with E-state index in [4.69, 9.17) is 5.73 Å². The standard InChI is InChI=1S/C12H19N3/c13-7-12-3-4-14-15(12)8-11-6-9-1-2-10(11)5-9/h3-4,9-11H,1-2,5-8,13H2. The summed E-state index contributed by atoms with van der Waals surface area (Å²) in [6.45, 7) is 1.71. The van der Waals surface area contributed by atoms with Crippen LogP contribution in [-0.4, -0.2) is 9.78 Å². The normalized spacial score (nSPS) is 33.8. The van der Waals surface area contributed by atoms with Gasteiger partial charge in [0, 0.05) is 19.3 Å². The van der Waals surface area contributed by atoms with Crippen molar-refractivity contribution in [2.45, 2.75) is 38.8 Å². The van der Waals surface area contributed by atoms with Gasteiger partial charge in [-0.25, -0.2) is 0 Å². The van der Waals surface area contributed by atoms with E-state index in [0.29, 0.717) is 6.54 Å². The molecule has 0 radical (unpaired) electrons. The Kier molecular flexibility index (Phi) is 2.28. The molecule has 15 heavy (non-hydrogen) atoms. The van der Waals surface area contributed by atoms with Gasteiger partial charge in [-0.15, -0.1) is 0 Å². The van der Waals surface area contributed by atoms with E-state index in [9.17, 15) is 0 Å². The molecular weight excluding hydrogens is 186 g/mol. The van der Waals surface area contributed by atoms with Crippen molar-refractivity contribution >= 4 is 0 Å². The summed E-state index contributed by atoms with van der Waals surface area (Å²) in [5.41, 5.74) is 6.86. The second-order valence-corrected chi connectivity index (χ2v) is 5.14. The molecule has 0 spiro atoms. The van der Waals surface area contributed by atoms with Crippen LogP contribution >= 0.6 is 0 Å². The van der Waals surface area contributed by atoms with Gasteiger partial charge in [0.05, 0.1) is 5.69 Å². The fraction of sp³-hybridized carbons (Fsp3) is 0.750. The molecular formula is C12H19N3. The van der Waals surface area contributed by atoms with Gasteiger partial charge in [-0.1, -0.05) is 6.42 Å². The predicted molar refractivity (Wildman–Crippen MR) is 59.1 cm³/mol. The third-order valence-electron chi connectivity index (χ3n) is 4.31. The van der Waals surface area contributed by atoms with Crippen molar-refractivity contribution in [3.05, 3.63) is 18.0 Å². The topological polar surface area (TPSA) is 43.8 Å². The summed E-state index contributed by atoms with van der Waals surface area (Å²) in [4.78, 5) is 0. The summed E-state index contributed by atoms with van der Waals surface area (Å²) >= 11 is 0. The third kappa shape index (κ3) is 1.59. The van der Waals surface area contributed by atoms with Gasteiger partial charge < -0.3 is 5.73 Å². The molecule has 2 aliphatic rings. The minimum absolute atomic E-state index is 0.612. The highest BCUT2D eigenvalue weighted by molar-refractivity contribution is 5.00. The zero-order valence-corrected chi connectivity index (χ0v) is 9.10. The molecule has 2 aliphatic carbocycles. The van der Waals surface area contributed by atoms with Gasteiger partial charge in [-0.3, -0.25) is 4.68 Å². The van der Waals surface area contributed by atoms with E-state index in [1.165, 1.54) is 31.4 Å². The fourth-order valence-corrected chi connectivity index (χ4v) is 3.52. The van der Waals surface area contributed by atoms with Crippen molar-refractivity contribution in [3.8, 4) is 0 Å². The van der Waals surface area contributed by atoms with Crippen LogP contribution < -0.4 is 5.73 Å². The molecule has 2 bridgehead atoms. The van der Waals surface area contributed by atoms with Gasteiger partial charge in [-0.05, 0) is 43.1 Å². The Bertz CT molecular complexity index is 344. The van der Waals surface area contributed by atoms with E-state index in [1.807, 2.05) is 12.3 Å². The molecule has 1 aromatic rings. The lowest BCUT2D eigenvalue weighted by atomic mass is 9.89. The highest BCUT2D eigenvalue weighted by atomic mass is 15.3. The molecule has 3 rings (SSSR count). The first-order valence-corrected chi connectivity index (χ1v) is 6.07. The van der Waals surface area contributed by atoms with Gasteiger partial charge >= 0.3 is 0 Å². The van der Waals surface area contributed by atoms with E-state index >= 15 is 0 Å². The van der Waals surface area contributed by atoms with E-state index < -0.39 is 0 Å². The maximum atomic E-state index is 5.68. The van der Waals surface area contributed by atoms with Crippen LogP contribution in [0.5, 0.6) is 0 Å². The monoisotopic (exact) mass is 205 g/mol. The van der Waals surface area contributed by atoms with Crippen molar-refractivity contribution in [3.63, 3.8) is 0 Å². The van der Waals surface area contributed by atoms with Crippen LogP contribution in [0.2, 0.25) is 0 Å². The zero-order chi connectivity index (χ0) is 10.3. The Labute approximate surface area is 90.7 Å². The number of nitrogens with zero attached hydrogens (tertiary/aromatic N) is 2. The van der Waals surface area contributed by atoms with Crippen LogP contribution in [0, 0.1) is 17.8 Å². The molecule has 0 saturated heterocycles. The van der Waals surface area contributed by atoms with Gasteiger partial charge in [0.15, 0.2) is 0 Å². The van der Waals surface area contributed by atoms with E-state index in [0.717, 1.165) is 24.3 Å². The van der Waals surface area contributed by atoms with Crippen molar-refractivity contribution in [1.82, 2.24) is 9.78 Å². The molecule has 1 heterocycles. The third-order valence-corrected chi connectivity index (χ3v) is 4.31. The highest BCUT2D eigenvalue weighted by Gasteiger charge is 2.39. The Hall–Kier alpha value is -0.830. The summed E-state index contributed by atoms with van der Waals surface area (Å²) in [5.74, 6) is 2.87. The molecule has 3 unspecified atom stereocenters. The average molecular weight is 205 g/mol. The van der Waals surface area contributed by atoms with E-state index in [1.54, 1.807) is 0 Å².